The van der Waals surface area contributed by atoms with Crippen molar-refractivity contribution in [3.63, 3.8) is 0 Å². The molecule has 0 unspecified atom stereocenters. The van der Waals surface area contributed by atoms with Crippen LogP contribution >= 0.6 is 0 Å². The second-order valence-corrected chi connectivity index (χ2v) is 4.34. The lowest BCUT2D eigenvalue weighted by Crippen LogP contribution is -1.91. The Morgan fingerprint density at radius 1 is 1.31 bits per heavy atom. The van der Waals surface area contributed by atoms with Gasteiger partial charge in [0.25, 0.3) is 0 Å². The molecule has 1 aromatic carbocycles. The Labute approximate surface area is 93.7 Å². The Kier molecular flexibility index (Phi) is 2.46. The normalized spacial score (nSPS) is 11.2. The van der Waals surface area contributed by atoms with Gasteiger partial charge in [-0.15, -0.1) is 0 Å². The zero-order chi connectivity index (χ0) is 11.9. The summed E-state index contributed by atoms with van der Waals surface area (Å²) in [5, 5.41) is 9.75. The second-order valence-electron chi connectivity index (χ2n) is 4.34. The zero-order valence-electron chi connectivity index (χ0n) is 9.57. The van der Waals surface area contributed by atoms with Crippen molar-refractivity contribution in [3.05, 3.63) is 35.1 Å². The van der Waals surface area contributed by atoms with Gasteiger partial charge in [0.05, 0.1) is 0 Å². The Morgan fingerprint density at radius 2 is 2.00 bits per heavy atom. The van der Waals surface area contributed by atoms with E-state index in [1.165, 1.54) is 0 Å². The number of carboxylic acid groups (broad SMARTS) is 1. The molecule has 3 nitrogen and oxygen atoms in total. The number of carboxylic acids is 1. The third-order valence-corrected chi connectivity index (χ3v) is 2.62. The lowest BCUT2D eigenvalue weighted by molar-refractivity contribution is 0.0665. The van der Waals surface area contributed by atoms with Gasteiger partial charge < -0.3 is 9.52 Å². The monoisotopic (exact) mass is 218 g/mol. The van der Waals surface area contributed by atoms with E-state index in [-0.39, 0.29) is 5.76 Å². The smallest absolute Gasteiger partial charge is 0.371 e. The Balaban J connectivity index is 2.75. The third-order valence-electron chi connectivity index (χ3n) is 2.62. The number of furan rings is 1. The van der Waals surface area contributed by atoms with Crippen molar-refractivity contribution in [2.45, 2.75) is 26.7 Å². The molecule has 2 rings (SSSR count). The first kappa shape index (κ1) is 10.7. The fraction of sp³-hybridized carbons (Fsp3) is 0.308. The molecule has 0 amide bonds. The molecule has 0 saturated carbocycles. The summed E-state index contributed by atoms with van der Waals surface area (Å²) >= 11 is 0. The molecule has 0 saturated heterocycles. The average Bonchev–Trinajstić information content (AvgIpc) is 2.59. The van der Waals surface area contributed by atoms with Crippen molar-refractivity contribution in [3.8, 4) is 0 Å². The second kappa shape index (κ2) is 3.67. The van der Waals surface area contributed by atoms with Gasteiger partial charge in [0.15, 0.2) is 0 Å². The molecule has 2 aromatic rings. The molecule has 0 atom stereocenters. The number of fused-ring (bicyclic) bond motifs is 1. The third kappa shape index (κ3) is 1.69. The van der Waals surface area contributed by atoms with E-state index in [0.29, 0.717) is 11.5 Å². The highest BCUT2D eigenvalue weighted by Gasteiger charge is 2.15. The van der Waals surface area contributed by atoms with E-state index in [4.69, 9.17) is 9.52 Å². The van der Waals surface area contributed by atoms with Crippen molar-refractivity contribution in [1.29, 1.82) is 0 Å². The zero-order valence-corrected chi connectivity index (χ0v) is 9.57. The average molecular weight is 218 g/mol. The van der Waals surface area contributed by atoms with E-state index in [9.17, 15) is 4.79 Å². The topological polar surface area (TPSA) is 50.4 Å². The maximum absolute atomic E-state index is 10.8. The molecule has 3 heteroatoms. The van der Waals surface area contributed by atoms with Crippen molar-refractivity contribution >= 4 is 16.9 Å². The van der Waals surface area contributed by atoms with E-state index in [0.717, 1.165) is 16.5 Å². The molecule has 0 bridgehead atoms. The Bertz CT molecular complexity index is 550. The molecule has 0 spiro atoms. The van der Waals surface area contributed by atoms with Gasteiger partial charge in [-0.1, -0.05) is 19.9 Å². The SMILES string of the molecule is Cc1cc(C(C)C)c2oc(C(=O)O)cc2c1. The van der Waals surface area contributed by atoms with Crippen LogP contribution in [0.5, 0.6) is 0 Å². The van der Waals surface area contributed by atoms with Gasteiger partial charge in [-0.25, -0.2) is 4.79 Å². The quantitative estimate of drug-likeness (QED) is 0.838. The summed E-state index contributed by atoms with van der Waals surface area (Å²) < 4.78 is 5.38. The Hall–Kier alpha value is -1.77. The molecule has 1 aromatic heterocycles. The largest absolute Gasteiger partial charge is 0.475 e. The van der Waals surface area contributed by atoms with Crippen LogP contribution in [0.4, 0.5) is 0 Å². The van der Waals surface area contributed by atoms with Crippen LogP contribution in [0.2, 0.25) is 0 Å². The first-order valence-corrected chi connectivity index (χ1v) is 5.26. The number of aryl methyl sites for hydroxylation is 1. The first-order chi connectivity index (χ1) is 7.49. The van der Waals surface area contributed by atoms with Gasteiger partial charge in [-0.2, -0.15) is 0 Å². The summed E-state index contributed by atoms with van der Waals surface area (Å²) in [6, 6.07) is 5.57. The maximum Gasteiger partial charge on any atom is 0.371 e. The molecule has 1 N–H and O–H groups in total. The molecular weight excluding hydrogens is 204 g/mol. The molecule has 0 aliphatic rings. The number of benzene rings is 1. The maximum atomic E-state index is 10.8. The van der Waals surface area contributed by atoms with Crippen LogP contribution in [0.25, 0.3) is 11.0 Å². The van der Waals surface area contributed by atoms with Crippen LogP contribution in [-0.4, -0.2) is 11.1 Å². The summed E-state index contributed by atoms with van der Waals surface area (Å²) in [5.41, 5.74) is 2.87. The molecule has 16 heavy (non-hydrogen) atoms. The molecule has 84 valence electrons. The predicted molar refractivity (Wildman–Crippen MR) is 62.0 cm³/mol. The lowest BCUT2D eigenvalue weighted by atomic mass is 9.99. The molecule has 0 fully saturated rings. The fourth-order valence-electron chi connectivity index (χ4n) is 1.87. The van der Waals surface area contributed by atoms with Crippen LogP contribution in [0.15, 0.2) is 22.6 Å². The van der Waals surface area contributed by atoms with Gasteiger partial charge in [-0.3, -0.25) is 0 Å². The summed E-state index contributed by atoms with van der Waals surface area (Å²) in [5.74, 6) is -0.707. The van der Waals surface area contributed by atoms with Crippen LogP contribution in [-0.2, 0) is 0 Å². The van der Waals surface area contributed by atoms with Crippen molar-refractivity contribution < 1.29 is 14.3 Å². The molecule has 0 aliphatic heterocycles. The number of carbonyl (C=O) groups is 1. The van der Waals surface area contributed by atoms with Gasteiger partial charge in [0, 0.05) is 5.39 Å². The minimum Gasteiger partial charge on any atom is -0.475 e. The van der Waals surface area contributed by atoms with E-state index < -0.39 is 5.97 Å². The molecule has 0 aliphatic carbocycles. The van der Waals surface area contributed by atoms with Crippen molar-refractivity contribution in [2.24, 2.45) is 0 Å². The summed E-state index contributed by atoms with van der Waals surface area (Å²) in [6.07, 6.45) is 0. The van der Waals surface area contributed by atoms with Gasteiger partial charge in [-0.05, 0) is 36.1 Å². The van der Waals surface area contributed by atoms with E-state index in [1.807, 2.05) is 19.1 Å². The highest BCUT2D eigenvalue weighted by molar-refractivity contribution is 5.92. The minimum absolute atomic E-state index is 0.00231. The van der Waals surface area contributed by atoms with Crippen molar-refractivity contribution in [2.75, 3.05) is 0 Å². The van der Waals surface area contributed by atoms with Crippen LogP contribution in [0.1, 0.15) is 41.4 Å². The number of hydrogen-bond donors (Lipinski definition) is 1. The standard InChI is InChI=1S/C13H14O3/c1-7(2)10-5-8(3)4-9-6-11(13(14)15)16-12(9)10/h4-7H,1-3H3,(H,14,15). The highest BCUT2D eigenvalue weighted by Crippen LogP contribution is 2.29. The molecule has 1 heterocycles. The van der Waals surface area contributed by atoms with Crippen LogP contribution in [0, 0.1) is 6.92 Å². The molecule has 0 radical (unpaired) electrons. The number of aromatic carboxylic acids is 1. The van der Waals surface area contributed by atoms with Crippen LogP contribution in [0.3, 0.4) is 0 Å². The van der Waals surface area contributed by atoms with Gasteiger partial charge in [0.2, 0.25) is 5.76 Å². The van der Waals surface area contributed by atoms with Crippen LogP contribution < -0.4 is 0 Å². The molecular formula is C13H14O3. The van der Waals surface area contributed by atoms with Crippen molar-refractivity contribution in [1.82, 2.24) is 0 Å². The van der Waals surface area contributed by atoms with E-state index in [2.05, 4.69) is 13.8 Å². The fourth-order valence-corrected chi connectivity index (χ4v) is 1.87. The minimum atomic E-state index is -1.02. The first-order valence-electron chi connectivity index (χ1n) is 5.26. The summed E-state index contributed by atoms with van der Waals surface area (Å²) in [6.45, 7) is 6.13. The predicted octanol–water partition coefficient (Wildman–Crippen LogP) is 3.56. The number of rotatable bonds is 2. The van der Waals surface area contributed by atoms with Gasteiger partial charge in [0.1, 0.15) is 5.58 Å². The van der Waals surface area contributed by atoms with E-state index >= 15 is 0 Å². The Morgan fingerprint density at radius 3 is 2.56 bits per heavy atom. The van der Waals surface area contributed by atoms with E-state index in [1.54, 1.807) is 6.07 Å². The highest BCUT2D eigenvalue weighted by atomic mass is 16.4. The van der Waals surface area contributed by atoms with Gasteiger partial charge >= 0.3 is 5.97 Å². The lowest BCUT2D eigenvalue weighted by Gasteiger charge is -2.06. The summed E-state index contributed by atoms with van der Waals surface area (Å²) in [4.78, 5) is 10.8. The number of hydrogen-bond acceptors (Lipinski definition) is 2. The summed E-state index contributed by atoms with van der Waals surface area (Å²) in [7, 11) is 0.